The lowest BCUT2D eigenvalue weighted by Gasteiger charge is -2.26. The van der Waals surface area contributed by atoms with Crippen molar-refractivity contribution in [3.05, 3.63) is 27.7 Å². The largest absolute Gasteiger partial charge is 0.310 e. The van der Waals surface area contributed by atoms with Gasteiger partial charge in [-0.3, -0.25) is 0 Å². The zero-order chi connectivity index (χ0) is 15.6. The molecule has 1 aliphatic rings. The molecule has 0 spiro atoms. The quantitative estimate of drug-likeness (QED) is 0.827. The first-order valence-electron chi connectivity index (χ1n) is 7.03. The van der Waals surface area contributed by atoms with Crippen LogP contribution < -0.4 is 10.0 Å². The lowest BCUT2D eigenvalue weighted by molar-refractivity contribution is 0.383. The summed E-state index contributed by atoms with van der Waals surface area (Å²) in [6, 6.07) is 3.36. The number of benzene rings is 1. The molecule has 0 unspecified atom stereocenters. The third kappa shape index (κ3) is 4.33. The van der Waals surface area contributed by atoms with Crippen LogP contribution in [-0.2, 0) is 16.6 Å². The summed E-state index contributed by atoms with van der Waals surface area (Å²) in [4.78, 5) is 0.0982. The maximum Gasteiger partial charge on any atom is 0.242 e. The van der Waals surface area contributed by atoms with E-state index in [2.05, 4.69) is 10.0 Å². The predicted molar refractivity (Wildman–Crippen MR) is 86.4 cm³/mol. The van der Waals surface area contributed by atoms with Crippen LogP contribution in [0.5, 0.6) is 0 Å². The second-order valence-electron chi connectivity index (χ2n) is 5.66. The lowest BCUT2D eigenvalue weighted by Crippen LogP contribution is -2.39. The van der Waals surface area contributed by atoms with Crippen molar-refractivity contribution in [2.45, 2.75) is 56.6 Å². The summed E-state index contributed by atoms with van der Waals surface area (Å²) in [6.07, 6.45) is 2.82. The molecule has 118 valence electrons. The summed E-state index contributed by atoms with van der Waals surface area (Å²) in [5, 5.41) is 3.84. The van der Waals surface area contributed by atoms with Crippen molar-refractivity contribution < 1.29 is 8.42 Å². The van der Waals surface area contributed by atoms with E-state index in [9.17, 15) is 8.42 Å². The lowest BCUT2D eigenvalue weighted by atomic mass is 9.94. The van der Waals surface area contributed by atoms with E-state index in [0.717, 1.165) is 24.8 Å². The van der Waals surface area contributed by atoms with Gasteiger partial charge in [-0.25, -0.2) is 13.1 Å². The molecule has 0 aliphatic heterocycles. The summed E-state index contributed by atoms with van der Waals surface area (Å²) in [6.45, 7) is 4.53. The minimum atomic E-state index is -3.60. The van der Waals surface area contributed by atoms with Crippen LogP contribution in [0.25, 0.3) is 0 Å². The van der Waals surface area contributed by atoms with Crippen LogP contribution >= 0.6 is 23.2 Å². The second kappa shape index (κ2) is 6.84. The first kappa shape index (κ1) is 17.0. The van der Waals surface area contributed by atoms with Gasteiger partial charge in [-0.15, -0.1) is 0 Å². The molecule has 4 nitrogen and oxygen atoms in total. The number of sulfonamides is 1. The molecule has 1 aliphatic carbocycles. The van der Waals surface area contributed by atoms with E-state index in [1.54, 1.807) is 6.07 Å². The molecule has 2 N–H and O–H groups in total. The van der Waals surface area contributed by atoms with Gasteiger partial charge in [0.25, 0.3) is 0 Å². The zero-order valence-electron chi connectivity index (χ0n) is 12.1. The normalized spacial score (nSPS) is 16.2. The Morgan fingerprint density at radius 2 is 1.90 bits per heavy atom. The number of rotatable bonds is 6. The Balaban J connectivity index is 2.27. The predicted octanol–water partition coefficient (Wildman–Crippen LogP) is 3.32. The van der Waals surface area contributed by atoms with Gasteiger partial charge >= 0.3 is 0 Å². The van der Waals surface area contributed by atoms with E-state index in [1.165, 1.54) is 6.07 Å². The monoisotopic (exact) mass is 350 g/mol. The molecular formula is C14H20Cl2N2O2S. The Morgan fingerprint density at radius 3 is 2.43 bits per heavy atom. The minimum Gasteiger partial charge on any atom is -0.310 e. The highest BCUT2D eigenvalue weighted by Crippen LogP contribution is 2.30. The van der Waals surface area contributed by atoms with Crippen LogP contribution in [0, 0.1) is 0 Å². The highest BCUT2D eigenvalue weighted by atomic mass is 35.5. The third-order valence-corrected chi connectivity index (χ3v) is 5.86. The van der Waals surface area contributed by atoms with Crippen LogP contribution in [-0.4, -0.2) is 20.5 Å². The van der Waals surface area contributed by atoms with Gasteiger partial charge in [-0.05, 0) is 30.5 Å². The molecular weight excluding hydrogens is 331 g/mol. The number of halogens is 2. The Kier molecular flexibility index (Phi) is 5.54. The van der Waals surface area contributed by atoms with E-state index >= 15 is 0 Å². The van der Waals surface area contributed by atoms with Crippen molar-refractivity contribution in [1.82, 2.24) is 10.0 Å². The van der Waals surface area contributed by atoms with Crippen molar-refractivity contribution in [2.75, 3.05) is 0 Å². The maximum absolute atomic E-state index is 12.4. The molecule has 0 atom stereocenters. The fourth-order valence-electron chi connectivity index (χ4n) is 2.04. The van der Waals surface area contributed by atoms with E-state index in [4.69, 9.17) is 23.2 Å². The van der Waals surface area contributed by atoms with Crippen LogP contribution in [0.4, 0.5) is 0 Å². The van der Waals surface area contributed by atoms with Crippen molar-refractivity contribution in [1.29, 1.82) is 0 Å². The maximum atomic E-state index is 12.4. The Labute approximate surface area is 136 Å². The molecule has 1 saturated carbocycles. The summed E-state index contributed by atoms with van der Waals surface area (Å²) in [5.74, 6) is 0. The molecule has 0 heterocycles. The van der Waals surface area contributed by atoms with E-state index in [1.807, 2.05) is 13.8 Å². The number of hydrogen-bond acceptors (Lipinski definition) is 3. The zero-order valence-corrected chi connectivity index (χ0v) is 14.4. The van der Waals surface area contributed by atoms with Crippen molar-refractivity contribution in [3.63, 3.8) is 0 Å². The molecule has 0 bridgehead atoms. The molecule has 7 heteroatoms. The molecule has 0 aromatic heterocycles. The summed E-state index contributed by atoms with van der Waals surface area (Å²) in [5.41, 5.74) is 0.726. The van der Waals surface area contributed by atoms with E-state index < -0.39 is 10.0 Å². The Morgan fingerprint density at radius 1 is 1.24 bits per heavy atom. The third-order valence-electron chi connectivity index (χ3n) is 3.52. The molecule has 0 amide bonds. The van der Waals surface area contributed by atoms with Gasteiger partial charge in [0, 0.05) is 23.7 Å². The smallest absolute Gasteiger partial charge is 0.242 e. The van der Waals surface area contributed by atoms with Crippen LogP contribution in [0.15, 0.2) is 17.0 Å². The Bertz CT molecular complexity index is 614. The number of nitrogens with one attached hydrogen (secondary N) is 2. The molecule has 1 aromatic rings. The highest BCUT2D eigenvalue weighted by molar-refractivity contribution is 7.89. The first-order chi connectivity index (χ1) is 9.79. The van der Waals surface area contributed by atoms with Gasteiger partial charge in [0.15, 0.2) is 0 Å². The van der Waals surface area contributed by atoms with Gasteiger partial charge in [0.2, 0.25) is 10.0 Å². The van der Waals surface area contributed by atoms with Gasteiger partial charge in [-0.2, -0.15) is 0 Å². The number of hydrogen-bond donors (Lipinski definition) is 2. The van der Waals surface area contributed by atoms with Crippen molar-refractivity contribution in [3.8, 4) is 0 Å². The SMILES string of the molecule is CC(C)NCc1cc(S(=O)(=O)NC2CCC2)c(Cl)cc1Cl. The van der Waals surface area contributed by atoms with Gasteiger partial charge in [0.05, 0.1) is 5.02 Å². The van der Waals surface area contributed by atoms with Crippen LogP contribution in [0.1, 0.15) is 38.7 Å². The summed E-state index contributed by atoms with van der Waals surface area (Å²) >= 11 is 12.2. The van der Waals surface area contributed by atoms with Crippen molar-refractivity contribution in [2.24, 2.45) is 0 Å². The molecule has 1 fully saturated rings. The second-order valence-corrected chi connectivity index (χ2v) is 8.16. The fourth-order valence-corrected chi connectivity index (χ4v) is 4.20. The highest BCUT2D eigenvalue weighted by Gasteiger charge is 2.27. The van der Waals surface area contributed by atoms with E-state index in [-0.39, 0.29) is 22.0 Å². The standard InChI is InChI=1S/C14H20Cl2N2O2S/c1-9(2)17-8-10-6-14(13(16)7-12(10)15)21(19,20)18-11-4-3-5-11/h6-7,9,11,17-18H,3-5,8H2,1-2H3. The molecule has 0 radical (unpaired) electrons. The molecule has 2 rings (SSSR count). The Hall–Kier alpha value is -0.330. The average molecular weight is 351 g/mol. The summed E-state index contributed by atoms with van der Waals surface area (Å²) in [7, 11) is -3.60. The van der Waals surface area contributed by atoms with Gasteiger partial charge in [-0.1, -0.05) is 43.5 Å². The van der Waals surface area contributed by atoms with Gasteiger partial charge < -0.3 is 5.32 Å². The topological polar surface area (TPSA) is 58.2 Å². The average Bonchev–Trinajstić information content (AvgIpc) is 2.32. The molecule has 0 saturated heterocycles. The van der Waals surface area contributed by atoms with E-state index in [0.29, 0.717) is 11.6 Å². The van der Waals surface area contributed by atoms with Crippen molar-refractivity contribution >= 4 is 33.2 Å². The molecule has 1 aromatic carbocycles. The first-order valence-corrected chi connectivity index (χ1v) is 9.27. The van der Waals surface area contributed by atoms with Crippen LogP contribution in [0.3, 0.4) is 0 Å². The molecule has 21 heavy (non-hydrogen) atoms. The van der Waals surface area contributed by atoms with Crippen LogP contribution in [0.2, 0.25) is 10.0 Å². The summed E-state index contributed by atoms with van der Waals surface area (Å²) < 4.78 is 27.5. The van der Waals surface area contributed by atoms with Gasteiger partial charge in [0.1, 0.15) is 4.90 Å². The minimum absolute atomic E-state index is 0.0268. The fraction of sp³-hybridized carbons (Fsp3) is 0.571.